The molecule has 0 aromatic heterocycles. The molecule has 2 aromatic carbocycles. The highest BCUT2D eigenvalue weighted by molar-refractivity contribution is 6.03. The Hall–Kier alpha value is -2.90. The Bertz CT molecular complexity index is 757. The summed E-state index contributed by atoms with van der Waals surface area (Å²) in [5.74, 6) is -2.58. The second-order valence-electron chi connectivity index (χ2n) is 5.93. The maximum absolute atomic E-state index is 11.3. The average molecular weight is 373 g/mol. The molecule has 7 nitrogen and oxygen atoms in total. The summed E-state index contributed by atoms with van der Waals surface area (Å²) in [5.41, 5.74) is 1.36. The minimum absolute atomic E-state index is 0.0444. The Balaban J connectivity index is 0.000000369. The van der Waals surface area contributed by atoms with Gasteiger partial charge in [-0.25, -0.2) is 9.59 Å². The number of hydrogen-bond acceptors (Lipinski definition) is 5. The minimum atomic E-state index is -1.33. The number of carboxylic acid groups (broad SMARTS) is 2. The lowest BCUT2D eigenvalue weighted by atomic mass is 10.1. The van der Waals surface area contributed by atoms with E-state index < -0.39 is 11.9 Å². The minimum Gasteiger partial charge on any atom is -0.488 e. The van der Waals surface area contributed by atoms with Crippen LogP contribution in [0.5, 0.6) is 5.75 Å². The zero-order valence-corrected chi connectivity index (χ0v) is 15.1. The summed E-state index contributed by atoms with van der Waals surface area (Å²) in [6, 6.07) is 11.7. The Morgan fingerprint density at radius 1 is 1.04 bits per heavy atom. The van der Waals surface area contributed by atoms with E-state index in [0.29, 0.717) is 0 Å². The van der Waals surface area contributed by atoms with Crippen molar-refractivity contribution in [2.24, 2.45) is 0 Å². The third-order valence-corrected chi connectivity index (χ3v) is 3.83. The molecule has 1 aliphatic rings. The zero-order chi connectivity index (χ0) is 19.6. The van der Waals surface area contributed by atoms with Crippen molar-refractivity contribution in [2.45, 2.75) is 13.5 Å². The molecule has 0 bridgehead atoms. The molecule has 0 saturated carbocycles. The zero-order valence-electron chi connectivity index (χ0n) is 15.1. The number of carbonyl (C=O) groups is 2. The van der Waals surface area contributed by atoms with Crippen molar-refractivity contribution in [3.05, 3.63) is 64.7 Å². The normalized spacial score (nSPS) is 13.2. The second kappa shape index (κ2) is 10.3. The van der Waals surface area contributed by atoms with Gasteiger partial charge in [-0.1, -0.05) is 35.9 Å². The van der Waals surface area contributed by atoms with Gasteiger partial charge in [0.1, 0.15) is 17.9 Å². The molecule has 27 heavy (non-hydrogen) atoms. The molecule has 1 saturated heterocycles. The molecule has 144 valence electrons. The van der Waals surface area contributed by atoms with Gasteiger partial charge in [0, 0.05) is 13.1 Å². The van der Waals surface area contributed by atoms with E-state index in [2.05, 4.69) is 5.32 Å². The van der Waals surface area contributed by atoms with E-state index >= 15 is 0 Å². The highest BCUT2D eigenvalue weighted by Crippen LogP contribution is 2.24. The van der Waals surface area contributed by atoms with E-state index in [0.717, 1.165) is 37.4 Å². The van der Waals surface area contributed by atoms with Crippen molar-refractivity contribution >= 4 is 11.9 Å². The van der Waals surface area contributed by atoms with Crippen LogP contribution in [0.1, 0.15) is 31.8 Å². The predicted molar refractivity (Wildman–Crippen MR) is 99.6 cm³/mol. The van der Waals surface area contributed by atoms with Crippen LogP contribution in [0.3, 0.4) is 0 Å². The third kappa shape index (κ3) is 6.40. The molecule has 1 heterocycles. The van der Waals surface area contributed by atoms with Crippen molar-refractivity contribution in [1.82, 2.24) is 5.32 Å². The maximum Gasteiger partial charge on any atom is 0.340 e. The molecule has 3 rings (SSSR count). The van der Waals surface area contributed by atoms with Gasteiger partial charge in [-0.2, -0.15) is 0 Å². The fourth-order valence-electron chi connectivity index (χ4n) is 2.41. The number of benzene rings is 2. The molecule has 0 aliphatic carbocycles. The van der Waals surface area contributed by atoms with E-state index in [9.17, 15) is 14.7 Å². The summed E-state index contributed by atoms with van der Waals surface area (Å²) in [7, 11) is 0. The molecule has 2 aromatic rings. The summed E-state index contributed by atoms with van der Waals surface area (Å²) in [4.78, 5) is 22.3. The van der Waals surface area contributed by atoms with Crippen molar-refractivity contribution in [2.75, 3.05) is 26.3 Å². The Morgan fingerprint density at radius 2 is 1.70 bits per heavy atom. The van der Waals surface area contributed by atoms with E-state index in [1.54, 1.807) is 0 Å². The van der Waals surface area contributed by atoms with Gasteiger partial charge in [-0.15, -0.1) is 0 Å². The number of rotatable bonds is 5. The lowest BCUT2D eigenvalue weighted by Crippen LogP contribution is -2.30. The SMILES string of the molecule is C1COCCN1.Cc1ccc(COc2cccc(C(=O)O)c2C(=O)O)cc1. The average Bonchev–Trinajstić information content (AvgIpc) is 2.69. The van der Waals surface area contributed by atoms with Crippen molar-refractivity contribution in [3.63, 3.8) is 0 Å². The van der Waals surface area contributed by atoms with Crippen molar-refractivity contribution in [3.8, 4) is 5.75 Å². The van der Waals surface area contributed by atoms with E-state index in [4.69, 9.17) is 14.6 Å². The van der Waals surface area contributed by atoms with Crippen LogP contribution >= 0.6 is 0 Å². The number of nitrogens with one attached hydrogen (secondary N) is 1. The van der Waals surface area contributed by atoms with E-state index in [1.165, 1.54) is 18.2 Å². The number of aryl methyl sites for hydroxylation is 1. The van der Waals surface area contributed by atoms with Crippen LogP contribution in [-0.2, 0) is 11.3 Å². The Kier molecular flexibility index (Phi) is 7.79. The molecule has 0 radical (unpaired) electrons. The molecule has 0 unspecified atom stereocenters. The smallest absolute Gasteiger partial charge is 0.340 e. The van der Waals surface area contributed by atoms with Crippen LogP contribution in [0.2, 0.25) is 0 Å². The molecule has 0 atom stereocenters. The number of hydrogen-bond donors (Lipinski definition) is 3. The molecule has 0 amide bonds. The van der Waals surface area contributed by atoms with Gasteiger partial charge in [-0.05, 0) is 24.6 Å². The topological polar surface area (TPSA) is 105 Å². The first-order chi connectivity index (χ1) is 13.0. The van der Waals surface area contributed by atoms with Gasteiger partial charge in [0.15, 0.2) is 0 Å². The second-order valence-corrected chi connectivity index (χ2v) is 5.93. The largest absolute Gasteiger partial charge is 0.488 e. The van der Waals surface area contributed by atoms with Gasteiger partial charge in [0.25, 0.3) is 0 Å². The first-order valence-electron chi connectivity index (χ1n) is 8.55. The van der Waals surface area contributed by atoms with E-state index in [1.807, 2.05) is 31.2 Å². The van der Waals surface area contributed by atoms with Gasteiger partial charge < -0.3 is 25.0 Å². The maximum atomic E-state index is 11.3. The number of aromatic carboxylic acids is 2. The third-order valence-electron chi connectivity index (χ3n) is 3.83. The van der Waals surface area contributed by atoms with Crippen molar-refractivity contribution in [1.29, 1.82) is 0 Å². The first kappa shape index (κ1) is 20.4. The first-order valence-corrected chi connectivity index (χ1v) is 8.55. The van der Waals surface area contributed by atoms with Gasteiger partial charge in [0.2, 0.25) is 0 Å². The van der Waals surface area contributed by atoms with Crippen LogP contribution in [0.25, 0.3) is 0 Å². The Labute approximate surface area is 157 Å². The summed E-state index contributed by atoms with van der Waals surface area (Å²) < 4.78 is 10.5. The lowest BCUT2D eigenvalue weighted by Gasteiger charge is -2.11. The van der Waals surface area contributed by atoms with Gasteiger partial charge in [-0.3, -0.25) is 0 Å². The molecule has 7 heteroatoms. The van der Waals surface area contributed by atoms with Crippen LogP contribution in [0.15, 0.2) is 42.5 Å². The van der Waals surface area contributed by atoms with Crippen LogP contribution in [0.4, 0.5) is 0 Å². The number of ether oxygens (including phenoxy) is 2. The standard InChI is InChI=1S/C16H14O5.C4H9NO/c1-10-5-7-11(8-6-10)9-21-13-4-2-3-12(15(17)18)14(13)16(19)20;1-3-6-4-2-5-1/h2-8H,9H2,1H3,(H,17,18)(H,19,20);5H,1-4H2. The van der Waals surface area contributed by atoms with Crippen LogP contribution in [-0.4, -0.2) is 48.5 Å². The van der Waals surface area contributed by atoms with Crippen LogP contribution in [0, 0.1) is 6.92 Å². The molecular weight excluding hydrogens is 350 g/mol. The summed E-state index contributed by atoms with van der Waals surface area (Å²) in [6.45, 7) is 5.97. The van der Waals surface area contributed by atoms with Crippen molar-refractivity contribution < 1.29 is 29.3 Å². The van der Waals surface area contributed by atoms with Crippen LogP contribution < -0.4 is 10.1 Å². The fourth-order valence-corrected chi connectivity index (χ4v) is 2.41. The fraction of sp³-hybridized carbons (Fsp3) is 0.300. The molecule has 1 aliphatic heterocycles. The lowest BCUT2D eigenvalue weighted by molar-refractivity contribution is 0.0647. The predicted octanol–water partition coefficient (Wildman–Crippen LogP) is 2.58. The van der Waals surface area contributed by atoms with Gasteiger partial charge in [0.05, 0.1) is 18.8 Å². The molecule has 1 fully saturated rings. The molecular formula is C20H23NO6. The molecule has 3 N–H and O–H groups in total. The monoisotopic (exact) mass is 373 g/mol. The Morgan fingerprint density at radius 3 is 2.19 bits per heavy atom. The quantitative estimate of drug-likeness (QED) is 0.740. The molecule has 0 spiro atoms. The van der Waals surface area contributed by atoms with E-state index in [-0.39, 0.29) is 23.5 Å². The number of carboxylic acids is 2. The highest BCUT2D eigenvalue weighted by atomic mass is 16.5. The van der Waals surface area contributed by atoms with Gasteiger partial charge >= 0.3 is 11.9 Å². The summed E-state index contributed by atoms with van der Waals surface area (Å²) in [5, 5.41) is 21.4. The highest BCUT2D eigenvalue weighted by Gasteiger charge is 2.21. The summed E-state index contributed by atoms with van der Waals surface area (Å²) >= 11 is 0. The summed E-state index contributed by atoms with van der Waals surface area (Å²) in [6.07, 6.45) is 0. The number of morpholine rings is 1.